The van der Waals surface area contributed by atoms with Gasteiger partial charge in [0.15, 0.2) is 0 Å². The third kappa shape index (κ3) is 3.01. The van der Waals surface area contributed by atoms with Crippen LogP contribution in [0.5, 0.6) is 0 Å². The molecule has 1 aromatic heterocycles. The molecule has 1 spiro atoms. The molecule has 1 atom stereocenters. The van der Waals surface area contributed by atoms with Crippen LogP contribution in [0.4, 0.5) is 4.79 Å². The highest BCUT2D eigenvalue weighted by Crippen LogP contribution is 2.33. The number of carbonyl (C=O) groups is 1. The maximum atomic E-state index is 11.8. The molecule has 3 heterocycles. The van der Waals surface area contributed by atoms with E-state index in [-0.39, 0.29) is 11.7 Å². The van der Waals surface area contributed by atoms with Crippen LogP contribution in [-0.2, 0) is 17.8 Å². The molecule has 25 heavy (non-hydrogen) atoms. The predicted molar refractivity (Wildman–Crippen MR) is 98.6 cm³/mol. The first kappa shape index (κ1) is 16.5. The number of rotatable bonds is 3. The summed E-state index contributed by atoms with van der Waals surface area (Å²) >= 11 is 0. The average molecular weight is 341 g/mol. The van der Waals surface area contributed by atoms with Crippen LogP contribution in [0, 0.1) is 0 Å². The first-order valence-corrected chi connectivity index (χ1v) is 9.33. The highest BCUT2D eigenvalue weighted by atomic mass is 16.6. The summed E-state index contributed by atoms with van der Waals surface area (Å²) in [6.45, 7) is 6.91. The van der Waals surface area contributed by atoms with Crippen LogP contribution in [0.25, 0.3) is 10.9 Å². The van der Waals surface area contributed by atoms with E-state index in [0.717, 1.165) is 52.0 Å². The van der Waals surface area contributed by atoms with E-state index in [2.05, 4.69) is 46.9 Å². The Morgan fingerprint density at radius 1 is 1.20 bits per heavy atom. The lowest BCUT2D eigenvalue weighted by Crippen LogP contribution is -2.35. The van der Waals surface area contributed by atoms with Crippen molar-refractivity contribution >= 4 is 17.0 Å². The Kier molecular flexibility index (Phi) is 4.20. The number of amides is 1. The first-order valence-electron chi connectivity index (χ1n) is 9.33. The van der Waals surface area contributed by atoms with E-state index < -0.39 is 0 Å². The summed E-state index contributed by atoms with van der Waals surface area (Å²) in [4.78, 5) is 16.0. The van der Waals surface area contributed by atoms with E-state index in [4.69, 9.17) is 4.74 Å². The van der Waals surface area contributed by atoms with Crippen LogP contribution < -0.4 is 0 Å². The fourth-order valence-corrected chi connectivity index (χ4v) is 4.38. The molecule has 5 nitrogen and oxygen atoms in total. The summed E-state index contributed by atoms with van der Waals surface area (Å²) < 4.78 is 8.02. The van der Waals surface area contributed by atoms with Crippen molar-refractivity contribution in [1.29, 1.82) is 0 Å². The van der Waals surface area contributed by atoms with Crippen LogP contribution in [0.1, 0.15) is 31.7 Å². The summed E-state index contributed by atoms with van der Waals surface area (Å²) in [6, 6.07) is 8.85. The van der Waals surface area contributed by atoms with E-state index in [1.54, 1.807) is 4.90 Å². The number of nitrogens with zero attached hydrogens (tertiary/aromatic N) is 3. The minimum atomic E-state index is -0.266. The predicted octanol–water partition coefficient (Wildman–Crippen LogP) is 3.47. The molecule has 2 aromatic rings. The van der Waals surface area contributed by atoms with Crippen molar-refractivity contribution in [3.05, 3.63) is 36.0 Å². The molecule has 1 amide bonds. The molecule has 0 N–H and O–H groups in total. The zero-order valence-electron chi connectivity index (χ0n) is 15.2. The van der Waals surface area contributed by atoms with Crippen LogP contribution >= 0.6 is 0 Å². The largest absolute Gasteiger partial charge is 0.441 e. The molecule has 0 aliphatic carbocycles. The molecule has 0 bridgehead atoms. The van der Waals surface area contributed by atoms with E-state index in [1.807, 2.05) is 7.05 Å². The zero-order chi connectivity index (χ0) is 17.4. The summed E-state index contributed by atoms with van der Waals surface area (Å²) in [7, 11) is 1.83. The van der Waals surface area contributed by atoms with Crippen molar-refractivity contribution < 1.29 is 9.53 Å². The number of aromatic nitrogens is 1. The van der Waals surface area contributed by atoms with Crippen molar-refractivity contribution in [2.45, 2.75) is 44.9 Å². The number of benzene rings is 1. The van der Waals surface area contributed by atoms with Gasteiger partial charge >= 0.3 is 6.09 Å². The molecule has 1 aromatic carbocycles. The molecule has 2 aliphatic rings. The Hall–Kier alpha value is -2.01. The maximum absolute atomic E-state index is 11.8. The number of likely N-dealkylation sites (tertiary alicyclic amines) is 1. The van der Waals surface area contributed by atoms with E-state index in [9.17, 15) is 4.79 Å². The van der Waals surface area contributed by atoms with Gasteiger partial charge in [0.1, 0.15) is 5.60 Å². The van der Waals surface area contributed by atoms with Crippen molar-refractivity contribution in [3.8, 4) is 0 Å². The normalized spacial score (nSPS) is 24.9. The average Bonchev–Trinajstić information content (AvgIpc) is 3.08. The summed E-state index contributed by atoms with van der Waals surface area (Å²) in [5, 5.41) is 1.36. The van der Waals surface area contributed by atoms with Crippen molar-refractivity contribution in [3.63, 3.8) is 0 Å². The molecule has 5 heteroatoms. The molecule has 2 aliphatic heterocycles. The van der Waals surface area contributed by atoms with Gasteiger partial charge in [-0.05, 0) is 44.0 Å². The Balaban J connectivity index is 1.49. The quantitative estimate of drug-likeness (QED) is 0.858. The molecule has 4 rings (SSSR count). The Morgan fingerprint density at radius 2 is 2.08 bits per heavy atom. The zero-order valence-corrected chi connectivity index (χ0v) is 15.2. The van der Waals surface area contributed by atoms with E-state index in [0.29, 0.717) is 0 Å². The highest BCUT2D eigenvalue weighted by molar-refractivity contribution is 5.83. The van der Waals surface area contributed by atoms with Crippen LogP contribution in [0.3, 0.4) is 0 Å². The fourth-order valence-electron chi connectivity index (χ4n) is 4.38. The van der Waals surface area contributed by atoms with Crippen molar-refractivity contribution in [2.24, 2.45) is 0 Å². The van der Waals surface area contributed by atoms with Crippen molar-refractivity contribution in [1.82, 2.24) is 14.4 Å². The van der Waals surface area contributed by atoms with Gasteiger partial charge in [0.25, 0.3) is 0 Å². The number of hydrogen-bond acceptors (Lipinski definition) is 3. The monoisotopic (exact) mass is 341 g/mol. The minimum absolute atomic E-state index is 0.167. The van der Waals surface area contributed by atoms with Gasteiger partial charge in [-0.3, -0.25) is 4.90 Å². The highest BCUT2D eigenvalue weighted by Gasteiger charge is 2.44. The molecular formula is C20H27N3O2. The van der Waals surface area contributed by atoms with E-state index in [1.165, 1.54) is 16.5 Å². The number of ether oxygens (including phenoxy) is 1. The molecular weight excluding hydrogens is 314 g/mol. The number of aryl methyl sites for hydroxylation is 1. The maximum Gasteiger partial charge on any atom is 0.410 e. The van der Waals surface area contributed by atoms with Gasteiger partial charge in [0.05, 0.1) is 6.54 Å². The van der Waals surface area contributed by atoms with Crippen LogP contribution in [0.2, 0.25) is 0 Å². The van der Waals surface area contributed by atoms with E-state index >= 15 is 0 Å². The van der Waals surface area contributed by atoms with Gasteiger partial charge in [-0.25, -0.2) is 4.79 Å². The lowest BCUT2D eigenvalue weighted by Gasteiger charge is -2.25. The second-order valence-electron chi connectivity index (χ2n) is 7.49. The van der Waals surface area contributed by atoms with Gasteiger partial charge in [-0.1, -0.05) is 12.1 Å². The topological polar surface area (TPSA) is 37.7 Å². The number of hydrogen-bond donors (Lipinski definition) is 0. The molecule has 134 valence electrons. The summed E-state index contributed by atoms with van der Waals surface area (Å²) in [6.07, 6.45) is 4.98. The smallest absolute Gasteiger partial charge is 0.410 e. The van der Waals surface area contributed by atoms with Crippen molar-refractivity contribution in [2.75, 3.05) is 26.7 Å². The third-order valence-electron chi connectivity index (χ3n) is 5.77. The lowest BCUT2D eigenvalue weighted by molar-refractivity contribution is 0.0443. The second kappa shape index (κ2) is 6.37. The fraction of sp³-hybridized carbons (Fsp3) is 0.550. The molecule has 2 saturated heterocycles. The molecule has 0 radical (unpaired) electrons. The lowest BCUT2D eigenvalue weighted by atomic mass is 9.95. The van der Waals surface area contributed by atoms with Crippen LogP contribution in [-0.4, -0.2) is 52.7 Å². The number of likely N-dealkylation sites (N-methyl/N-ethyl adjacent to an activating group) is 1. The first-order chi connectivity index (χ1) is 12.1. The second-order valence-corrected chi connectivity index (χ2v) is 7.49. The van der Waals surface area contributed by atoms with Gasteiger partial charge in [0.2, 0.25) is 0 Å². The van der Waals surface area contributed by atoms with Gasteiger partial charge in [-0.15, -0.1) is 0 Å². The third-order valence-corrected chi connectivity index (χ3v) is 5.77. The summed E-state index contributed by atoms with van der Waals surface area (Å²) in [5.74, 6) is 0. The van der Waals surface area contributed by atoms with Gasteiger partial charge in [-0.2, -0.15) is 0 Å². The summed E-state index contributed by atoms with van der Waals surface area (Å²) in [5.41, 5.74) is 2.44. The number of fused-ring (bicyclic) bond motifs is 1. The van der Waals surface area contributed by atoms with Gasteiger partial charge < -0.3 is 14.2 Å². The Labute approximate surface area is 149 Å². The molecule has 2 fully saturated rings. The molecule has 1 unspecified atom stereocenters. The SMILES string of the molecule is CCn1ccc2c(CN3CCCC4(CC3)CN(C)C(=O)O4)cccc21. The minimum Gasteiger partial charge on any atom is -0.441 e. The van der Waals surface area contributed by atoms with Gasteiger partial charge in [0, 0.05) is 50.2 Å². The number of carbonyl (C=O) groups excluding carboxylic acids is 1. The standard InChI is InChI=1S/C20H27N3O2/c1-3-23-12-8-17-16(6-4-7-18(17)23)14-22-11-5-9-20(10-13-22)15-21(2)19(24)25-20/h4,6-8,12H,3,5,9-11,13-15H2,1-2H3. The Morgan fingerprint density at radius 3 is 2.84 bits per heavy atom. The molecule has 0 saturated carbocycles. The van der Waals surface area contributed by atoms with Crippen LogP contribution in [0.15, 0.2) is 30.5 Å². The Bertz CT molecular complexity index is 784.